The van der Waals surface area contributed by atoms with Gasteiger partial charge in [0.25, 0.3) is 5.91 Å². The Morgan fingerprint density at radius 3 is 2.44 bits per heavy atom. The van der Waals surface area contributed by atoms with E-state index in [1.807, 2.05) is 83.7 Å². The van der Waals surface area contributed by atoms with E-state index in [0.717, 1.165) is 28.2 Å². The van der Waals surface area contributed by atoms with Gasteiger partial charge in [-0.2, -0.15) is 10.2 Å². The summed E-state index contributed by atoms with van der Waals surface area (Å²) in [5.41, 5.74) is 5.13. The molecule has 1 aliphatic heterocycles. The Balaban J connectivity index is 1.05. The molecule has 0 saturated carbocycles. The summed E-state index contributed by atoms with van der Waals surface area (Å²) < 4.78 is 25.2. The number of benzene rings is 3. The highest BCUT2D eigenvalue weighted by Gasteiger charge is 2.21. The minimum atomic E-state index is -2.92. The van der Waals surface area contributed by atoms with Gasteiger partial charge >= 0.3 is 0 Å². The van der Waals surface area contributed by atoms with Gasteiger partial charge in [0, 0.05) is 55.3 Å². The van der Waals surface area contributed by atoms with Gasteiger partial charge in [0.15, 0.2) is 15.7 Å². The Labute approximate surface area is 238 Å². The van der Waals surface area contributed by atoms with Gasteiger partial charge in [-0.3, -0.25) is 14.8 Å². The summed E-state index contributed by atoms with van der Waals surface area (Å²) in [4.78, 5) is 19.7. The molecule has 3 heterocycles. The van der Waals surface area contributed by atoms with Crippen molar-refractivity contribution in [3.63, 3.8) is 0 Å². The van der Waals surface area contributed by atoms with E-state index >= 15 is 0 Å². The molecule has 2 aromatic heterocycles. The average Bonchev–Trinajstić information content (AvgIpc) is 3.68. The lowest BCUT2D eigenvalue weighted by Gasteiger charge is -2.26. The largest absolute Gasteiger partial charge is 0.322 e. The highest BCUT2D eigenvalue weighted by atomic mass is 32.2. The van der Waals surface area contributed by atoms with Gasteiger partial charge in [0.2, 0.25) is 0 Å². The number of aromatic amines is 1. The molecule has 11 heteroatoms. The van der Waals surface area contributed by atoms with Crippen molar-refractivity contribution in [2.75, 3.05) is 29.9 Å². The number of hydrogen-bond acceptors (Lipinski definition) is 7. The van der Waals surface area contributed by atoms with Crippen LogP contribution in [0.25, 0.3) is 17.1 Å². The maximum atomic E-state index is 12.9. The number of carbonyl (C=O) groups excluding carboxylic acids is 1. The fourth-order valence-corrected chi connectivity index (χ4v) is 6.05. The third-order valence-electron chi connectivity index (χ3n) is 7.04. The van der Waals surface area contributed by atoms with E-state index in [0.29, 0.717) is 43.1 Å². The van der Waals surface area contributed by atoms with Gasteiger partial charge in [0.1, 0.15) is 5.82 Å². The van der Waals surface area contributed by atoms with Gasteiger partial charge in [0.05, 0.1) is 17.2 Å². The zero-order valence-corrected chi connectivity index (χ0v) is 23.1. The molecule has 0 atom stereocenters. The minimum absolute atomic E-state index is 0.180. The average molecular weight is 568 g/mol. The monoisotopic (exact) mass is 567 g/mol. The van der Waals surface area contributed by atoms with Crippen molar-refractivity contribution in [1.82, 2.24) is 29.9 Å². The van der Waals surface area contributed by atoms with Crippen LogP contribution in [0.4, 0.5) is 5.69 Å². The second-order valence-corrected chi connectivity index (χ2v) is 12.4. The van der Waals surface area contributed by atoms with Crippen LogP contribution in [0.15, 0.2) is 91.3 Å². The van der Waals surface area contributed by atoms with E-state index in [2.05, 4.69) is 30.5 Å². The first kappa shape index (κ1) is 26.6. The first-order valence-electron chi connectivity index (χ1n) is 13.3. The fraction of sp³-hybridized carbons (Fsp3) is 0.200. The molecular formula is C30H29N7O3S. The molecule has 208 valence electrons. The standard InChI is InChI=1S/C30H29N7O3S/c38-30(25-4-1-3-23(19-25)21-36-15-17-41(39,40)18-16-36)32-26-9-7-24(8-10-26)29-33-28(34-35-29)20-22-5-11-27(12-6-22)37-14-2-13-31-37/h1-14,19H,15-18,20-21H2,(H,32,38)(H,33,34,35). The van der Waals surface area contributed by atoms with Crippen LogP contribution in [0, 0.1) is 0 Å². The fourth-order valence-electron chi connectivity index (χ4n) is 4.77. The van der Waals surface area contributed by atoms with E-state index in [-0.39, 0.29) is 17.4 Å². The van der Waals surface area contributed by atoms with Crippen LogP contribution in [0.1, 0.15) is 27.3 Å². The number of rotatable bonds is 8. The molecule has 0 radical (unpaired) electrons. The predicted molar refractivity (Wildman–Crippen MR) is 157 cm³/mol. The van der Waals surface area contributed by atoms with E-state index in [1.54, 1.807) is 12.3 Å². The van der Waals surface area contributed by atoms with Crippen LogP contribution >= 0.6 is 0 Å². The zero-order valence-electron chi connectivity index (χ0n) is 22.3. The molecule has 0 spiro atoms. The lowest BCUT2D eigenvalue weighted by atomic mass is 10.1. The van der Waals surface area contributed by atoms with Crippen molar-refractivity contribution in [3.8, 4) is 17.1 Å². The van der Waals surface area contributed by atoms with Crippen LogP contribution in [0.5, 0.6) is 0 Å². The van der Waals surface area contributed by atoms with Crippen molar-refractivity contribution in [1.29, 1.82) is 0 Å². The summed E-state index contributed by atoms with van der Waals surface area (Å²) in [6, 6.07) is 24.9. The van der Waals surface area contributed by atoms with Gasteiger partial charge in [-0.25, -0.2) is 18.1 Å². The molecule has 3 aromatic carbocycles. The molecule has 0 bridgehead atoms. The Morgan fingerprint density at radius 2 is 1.71 bits per heavy atom. The lowest BCUT2D eigenvalue weighted by molar-refractivity contribution is 0.102. The summed E-state index contributed by atoms with van der Waals surface area (Å²) in [6.45, 7) is 1.63. The molecule has 2 N–H and O–H groups in total. The summed E-state index contributed by atoms with van der Waals surface area (Å²) in [6.07, 6.45) is 4.28. The normalized spacial score (nSPS) is 15.0. The van der Waals surface area contributed by atoms with Crippen molar-refractivity contribution in [2.24, 2.45) is 0 Å². The predicted octanol–water partition coefficient (Wildman–Crippen LogP) is 3.73. The second-order valence-electron chi connectivity index (χ2n) is 10.1. The van der Waals surface area contributed by atoms with E-state index < -0.39 is 9.84 Å². The maximum Gasteiger partial charge on any atom is 0.255 e. The van der Waals surface area contributed by atoms with Crippen LogP contribution in [0.2, 0.25) is 0 Å². The Kier molecular flexibility index (Phi) is 7.45. The molecule has 0 aliphatic carbocycles. The van der Waals surface area contributed by atoms with Crippen molar-refractivity contribution >= 4 is 21.4 Å². The third kappa shape index (κ3) is 6.59. The molecular weight excluding hydrogens is 538 g/mol. The zero-order chi connectivity index (χ0) is 28.2. The number of amides is 1. The molecule has 1 fully saturated rings. The molecule has 1 aliphatic rings. The number of nitrogens with one attached hydrogen (secondary N) is 2. The van der Waals surface area contributed by atoms with Crippen LogP contribution < -0.4 is 5.32 Å². The maximum absolute atomic E-state index is 12.9. The van der Waals surface area contributed by atoms with E-state index in [9.17, 15) is 13.2 Å². The smallest absolute Gasteiger partial charge is 0.255 e. The Hall–Kier alpha value is -4.61. The number of anilines is 1. The molecule has 6 rings (SSSR count). The topological polar surface area (TPSA) is 126 Å². The molecule has 41 heavy (non-hydrogen) atoms. The van der Waals surface area contributed by atoms with Crippen LogP contribution in [-0.4, -0.2) is 68.8 Å². The molecule has 0 unspecified atom stereocenters. The highest BCUT2D eigenvalue weighted by molar-refractivity contribution is 7.91. The van der Waals surface area contributed by atoms with E-state index in [4.69, 9.17) is 0 Å². The Bertz CT molecular complexity index is 1730. The minimum Gasteiger partial charge on any atom is -0.322 e. The number of H-pyrrole nitrogens is 1. The number of aromatic nitrogens is 5. The third-order valence-corrected chi connectivity index (χ3v) is 8.65. The lowest BCUT2D eigenvalue weighted by Crippen LogP contribution is -2.39. The van der Waals surface area contributed by atoms with Gasteiger partial charge in [-0.1, -0.05) is 24.3 Å². The number of sulfone groups is 1. The molecule has 1 saturated heterocycles. The molecule has 1 amide bonds. The van der Waals surface area contributed by atoms with Gasteiger partial charge < -0.3 is 5.32 Å². The molecule has 5 aromatic rings. The summed E-state index contributed by atoms with van der Waals surface area (Å²) in [5.74, 6) is 1.50. The number of hydrogen-bond donors (Lipinski definition) is 2. The second kappa shape index (κ2) is 11.5. The quantitative estimate of drug-likeness (QED) is 0.293. The number of carbonyl (C=O) groups is 1. The first-order valence-corrected chi connectivity index (χ1v) is 15.2. The highest BCUT2D eigenvalue weighted by Crippen LogP contribution is 2.20. The SMILES string of the molecule is O=C(Nc1ccc(-c2n[nH]c(Cc3ccc(-n4cccn4)cc3)n2)cc1)c1cccc(CN2CCS(=O)(=O)CC2)c1. The Morgan fingerprint density at radius 1 is 0.927 bits per heavy atom. The van der Waals surface area contributed by atoms with Crippen molar-refractivity contribution < 1.29 is 13.2 Å². The first-order chi connectivity index (χ1) is 19.9. The van der Waals surface area contributed by atoms with Crippen molar-refractivity contribution in [3.05, 3.63) is 114 Å². The molecule has 10 nitrogen and oxygen atoms in total. The van der Waals surface area contributed by atoms with Gasteiger partial charge in [-0.15, -0.1) is 0 Å². The summed E-state index contributed by atoms with van der Waals surface area (Å²) in [7, 11) is -2.92. The van der Waals surface area contributed by atoms with Gasteiger partial charge in [-0.05, 0) is 65.7 Å². The summed E-state index contributed by atoms with van der Waals surface area (Å²) >= 11 is 0. The van der Waals surface area contributed by atoms with E-state index in [1.165, 1.54) is 0 Å². The van der Waals surface area contributed by atoms with Crippen molar-refractivity contribution in [2.45, 2.75) is 13.0 Å². The van der Waals surface area contributed by atoms with Crippen LogP contribution in [0.3, 0.4) is 0 Å². The number of nitrogens with zero attached hydrogens (tertiary/aromatic N) is 5. The van der Waals surface area contributed by atoms with Crippen LogP contribution in [-0.2, 0) is 22.8 Å². The summed E-state index contributed by atoms with van der Waals surface area (Å²) in [5, 5.41) is 14.6.